The number of ether oxygens (including phenoxy) is 1. The van der Waals surface area contributed by atoms with E-state index in [9.17, 15) is 14.4 Å². The van der Waals surface area contributed by atoms with E-state index < -0.39 is 17.8 Å². The molecule has 32 heavy (non-hydrogen) atoms. The Hall–Kier alpha value is -4.12. The molecule has 156 valence electrons. The van der Waals surface area contributed by atoms with E-state index in [0.29, 0.717) is 22.6 Å². The second-order valence-corrected chi connectivity index (χ2v) is 7.78. The van der Waals surface area contributed by atoms with Crippen LogP contribution in [0, 0.1) is 5.92 Å². The number of carbonyl (C=O) groups is 3. The molecule has 0 bridgehead atoms. The van der Waals surface area contributed by atoms with Crippen molar-refractivity contribution in [3.63, 3.8) is 0 Å². The molecule has 5 rings (SSSR count). The maximum atomic E-state index is 13.5. The Morgan fingerprint density at radius 1 is 0.844 bits per heavy atom. The van der Waals surface area contributed by atoms with Gasteiger partial charge in [0.05, 0.1) is 0 Å². The number of hydrogen-bond acceptors (Lipinski definition) is 5. The van der Waals surface area contributed by atoms with E-state index in [0.717, 1.165) is 10.8 Å². The summed E-state index contributed by atoms with van der Waals surface area (Å²) in [4.78, 5) is 43.8. The van der Waals surface area contributed by atoms with Crippen LogP contribution in [-0.2, 0) is 4.79 Å². The van der Waals surface area contributed by atoms with Crippen molar-refractivity contribution in [1.82, 2.24) is 4.98 Å². The lowest BCUT2D eigenvalue weighted by Gasteiger charge is -2.32. The second kappa shape index (κ2) is 8.19. The van der Waals surface area contributed by atoms with Crippen LogP contribution in [0.4, 0.5) is 0 Å². The Morgan fingerprint density at radius 3 is 2.38 bits per heavy atom. The number of fused-ring (bicyclic) bond motifs is 3. The van der Waals surface area contributed by atoms with Gasteiger partial charge in [0, 0.05) is 29.7 Å². The summed E-state index contributed by atoms with van der Waals surface area (Å²) in [6, 6.07) is 25.1. The number of esters is 1. The summed E-state index contributed by atoms with van der Waals surface area (Å²) in [5.41, 5.74) is 1.42. The van der Waals surface area contributed by atoms with E-state index in [1.165, 1.54) is 0 Å². The molecule has 1 aromatic heterocycles. The zero-order chi connectivity index (χ0) is 22.1. The molecule has 0 fully saturated rings. The average Bonchev–Trinajstić information content (AvgIpc) is 2.84. The molecule has 5 nitrogen and oxygen atoms in total. The number of pyridine rings is 1. The maximum Gasteiger partial charge on any atom is 0.322 e. The van der Waals surface area contributed by atoms with Crippen LogP contribution in [0.5, 0.6) is 5.75 Å². The van der Waals surface area contributed by atoms with Crippen LogP contribution in [0.1, 0.15) is 38.7 Å². The first-order chi connectivity index (χ1) is 15.6. The number of rotatable bonds is 5. The minimum Gasteiger partial charge on any atom is -0.426 e. The van der Waals surface area contributed by atoms with Crippen LogP contribution in [0.25, 0.3) is 10.8 Å². The molecule has 0 N–H and O–H groups in total. The molecule has 5 heteroatoms. The number of carbonyl (C=O) groups excluding carboxylic acids is 3. The van der Waals surface area contributed by atoms with Gasteiger partial charge in [-0.1, -0.05) is 66.7 Å². The summed E-state index contributed by atoms with van der Waals surface area (Å²) in [5.74, 6) is -2.61. The average molecular weight is 421 g/mol. The molecule has 1 aliphatic heterocycles. The van der Waals surface area contributed by atoms with E-state index in [4.69, 9.17) is 4.74 Å². The van der Waals surface area contributed by atoms with E-state index in [-0.39, 0.29) is 18.0 Å². The van der Waals surface area contributed by atoms with Gasteiger partial charge in [-0.2, -0.15) is 0 Å². The van der Waals surface area contributed by atoms with E-state index >= 15 is 0 Å². The fourth-order valence-electron chi connectivity index (χ4n) is 4.37. The van der Waals surface area contributed by atoms with Crippen molar-refractivity contribution in [2.24, 2.45) is 5.92 Å². The van der Waals surface area contributed by atoms with Crippen LogP contribution in [0.15, 0.2) is 91.1 Å². The van der Waals surface area contributed by atoms with Gasteiger partial charge in [-0.05, 0) is 29.0 Å². The molecule has 2 atom stereocenters. The van der Waals surface area contributed by atoms with Gasteiger partial charge >= 0.3 is 5.97 Å². The summed E-state index contributed by atoms with van der Waals surface area (Å²) in [5, 5.41) is 1.81. The Kier molecular flexibility index (Phi) is 5.07. The minimum atomic E-state index is -1.12. The third-order valence-electron chi connectivity index (χ3n) is 5.86. The van der Waals surface area contributed by atoms with E-state index in [2.05, 4.69) is 4.98 Å². The summed E-state index contributed by atoms with van der Waals surface area (Å²) < 4.78 is 5.63. The summed E-state index contributed by atoms with van der Waals surface area (Å²) in [6.45, 7) is 0. The van der Waals surface area contributed by atoms with Gasteiger partial charge in [0.2, 0.25) is 0 Å². The van der Waals surface area contributed by atoms with Crippen molar-refractivity contribution in [2.75, 3.05) is 0 Å². The number of aromatic nitrogens is 1. The standard InChI is InChI=1S/C27H19NO4/c29-22(21-12-6-7-15-28-21)16-20-24-19-11-5-4-8-17(19)13-14-23(24)32-27(31)25(20)26(30)18-9-2-1-3-10-18/h1-15,20,25H,16H2. The van der Waals surface area contributed by atoms with Crippen molar-refractivity contribution in [3.05, 3.63) is 108 Å². The van der Waals surface area contributed by atoms with Crippen molar-refractivity contribution in [1.29, 1.82) is 0 Å². The highest BCUT2D eigenvalue weighted by atomic mass is 16.5. The normalized spacial score (nSPS) is 17.4. The van der Waals surface area contributed by atoms with Gasteiger partial charge < -0.3 is 4.74 Å². The molecular weight excluding hydrogens is 402 g/mol. The van der Waals surface area contributed by atoms with Gasteiger partial charge in [0.25, 0.3) is 0 Å². The Bertz CT molecular complexity index is 1330. The van der Waals surface area contributed by atoms with Gasteiger partial charge in [-0.3, -0.25) is 19.4 Å². The maximum absolute atomic E-state index is 13.5. The largest absolute Gasteiger partial charge is 0.426 e. The summed E-state index contributed by atoms with van der Waals surface area (Å²) in [6.07, 6.45) is 1.52. The van der Waals surface area contributed by atoms with Gasteiger partial charge in [0.15, 0.2) is 11.6 Å². The number of ketones is 2. The highest BCUT2D eigenvalue weighted by Crippen LogP contribution is 2.45. The molecule has 0 amide bonds. The minimum absolute atomic E-state index is 0.0314. The molecule has 4 aromatic rings. The zero-order valence-electron chi connectivity index (χ0n) is 17.1. The SMILES string of the molecule is O=C(CC1c2c(ccc3ccccc23)OC(=O)C1C(=O)c1ccccc1)c1ccccn1. The summed E-state index contributed by atoms with van der Waals surface area (Å²) >= 11 is 0. The predicted molar refractivity (Wildman–Crippen MR) is 120 cm³/mol. The third kappa shape index (κ3) is 3.48. The van der Waals surface area contributed by atoms with Gasteiger partial charge in [-0.15, -0.1) is 0 Å². The number of hydrogen-bond donors (Lipinski definition) is 0. The third-order valence-corrected chi connectivity index (χ3v) is 5.86. The first kappa shape index (κ1) is 19.8. The molecule has 1 aliphatic rings. The highest BCUT2D eigenvalue weighted by molar-refractivity contribution is 6.12. The van der Waals surface area contributed by atoms with Crippen LogP contribution in [0.2, 0.25) is 0 Å². The molecule has 0 aliphatic carbocycles. The van der Waals surface area contributed by atoms with Gasteiger partial charge in [-0.25, -0.2) is 0 Å². The molecule has 3 aromatic carbocycles. The monoisotopic (exact) mass is 421 g/mol. The van der Waals surface area contributed by atoms with Crippen LogP contribution in [-0.4, -0.2) is 22.5 Å². The van der Waals surface area contributed by atoms with E-state index in [1.54, 1.807) is 60.8 Å². The number of Topliss-reactive ketones (excluding diaryl/α,β-unsaturated/α-hetero) is 2. The van der Waals surface area contributed by atoms with Crippen LogP contribution < -0.4 is 4.74 Å². The topological polar surface area (TPSA) is 73.3 Å². The lowest BCUT2D eigenvalue weighted by Crippen LogP contribution is -2.38. The van der Waals surface area contributed by atoms with Crippen molar-refractivity contribution < 1.29 is 19.1 Å². The molecule has 2 heterocycles. The first-order valence-electron chi connectivity index (χ1n) is 10.4. The summed E-state index contributed by atoms with van der Waals surface area (Å²) in [7, 11) is 0. The molecular formula is C27H19NO4. The van der Waals surface area contributed by atoms with Crippen molar-refractivity contribution in [3.8, 4) is 5.75 Å². The van der Waals surface area contributed by atoms with Crippen molar-refractivity contribution in [2.45, 2.75) is 12.3 Å². The zero-order valence-corrected chi connectivity index (χ0v) is 17.1. The molecule has 0 radical (unpaired) electrons. The Morgan fingerprint density at radius 2 is 1.59 bits per heavy atom. The molecule has 0 saturated carbocycles. The predicted octanol–water partition coefficient (Wildman–Crippen LogP) is 5.01. The van der Waals surface area contributed by atoms with Crippen LogP contribution in [0.3, 0.4) is 0 Å². The Balaban J connectivity index is 1.66. The molecule has 2 unspecified atom stereocenters. The Labute approximate surface area is 184 Å². The first-order valence-corrected chi connectivity index (χ1v) is 10.4. The lowest BCUT2D eigenvalue weighted by atomic mass is 9.75. The van der Waals surface area contributed by atoms with Crippen molar-refractivity contribution >= 4 is 28.3 Å². The fraction of sp³-hybridized carbons (Fsp3) is 0.111. The molecule has 0 saturated heterocycles. The number of nitrogens with zero attached hydrogens (tertiary/aromatic N) is 1. The number of benzene rings is 3. The quantitative estimate of drug-likeness (QED) is 0.196. The fourth-order valence-corrected chi connectivity index (χ4v) is 4.37. The lowest BCUT2D eigenvalue weighted by molar-refractivity contribution is -0.139. The highest BCUT2D eigenvalue weighted by Gasteiger charge is 2.44. The van der Waals surface area contributed by atoms with Gasteiger partial charge in [0.1, 0.15) is 17.4 Å². The molecule has 0 spiro atoms. The smallest absolute Gasteiger partial charge is 0.322 e. The van der Waals surface area contributed by atoms with Crippen LogP contribution >= 0.6 is 0 Å². The van der Waals surface area contributed by atoms with E-state index in [1.807, 2.05) is 30.3 Å². The second-order valence-electron chi connectivity index (χ2n) is 7.78.